The van der Waals surface area contributed by atoms with E-state index in [1.807, 2.05) is 0 Å². The molecule has 0 fully saturated rings. The number of rotatable bonds is 2. The highest BCUT2D eigenvalue weighted by Gasteiger charge is 2.20. The van der Waals surface area contributed by atoms with E-state index >= 15 is 0 Å². The fourth-order valence-electron chi connectivity index (χ4n) is 4.01. The predicted molar refractivity (Wildman–Crippen MR) is 118 cm³/mol. The number of likely N-dealkylation sites (N-methyl/N-ethyl adjacent to an activating group) is 1. The largest absolute Gasteiger partial charge is 0.340 e. The van der Waals surface area contributed by atoms with Crippen LogP contribution in [0.15, 0.2) is 77.6 Å². The molecule has 0 spiro atoms. The Morgan fingerprint density at radius 1 is 0.897 bits per heavy atom. The molecule has 0 bridgehead atoms. The average Bonchev–Trinajstić information content (AvgIpc) is 2.91. The molecule has 0 saturated carbocycles. The van der Waals surface area contributed by atoms with Crippen LogP contribution in [0.4, 0.5) is 11.4 Å². The maximum Gasteiger partial charge on any atom is 0.264 e. The molecule has 2 heterocycles. The van der Waals surface area contributed by atoms with Crippen molar-refractivity contribution in [1.82, 2.24) is 15.1 Å². The fraction of sp³-hybridized carbons (Fsp3) is 0.167. The number of aromatic amines is 1. The van der Waals surface area contributed by atoms with Crippen molar-refractivity contribution < 1.29 is 0 Å². The van der Waals surface area contributed by atoms with E-state index in [2.05, 4.69) is 87.7 Å². The predicted octanol–water partition coefficient (Wildman–Crippen LogP) is 4.17. The Hall–Kier alpha value is -3.44. The van der Waals surface area contributed by atoms with Gasteiger partial charge in [-0.1, -0.05) is 36.4 Å². The molecule has 1 aromatic heterocycles. The molecule has 4 aromatic rings. The number of nitrogens with zero attached hydrogens (tertiary/aromatic N) is 3. The number of nitrogens with one attached hydrogen (secondary N) is 1. The molecule has 29 heavy (non-hydrogen) atoms. The topological polar surface area (TPSA) is 52.2 Å². The van der Waals surface area contributed by atoms with Crippen LogP contribution in [0, 0.1) is 0 Å². The molecular weight excluding hydrogens is 360 g/mol. The summed E-state index contributed by atoms with van der Waals surface area (Å²) in [7, 11) is 2.15. The van der Waals surface area contributed by atoms with Crippen LogP contribution in [-0.4, -0.2) is 35.2 Å². The van der Waals surface area contributed by atoms with Crippen molar-refractivity contribution in [3.8, 4) is 11.3 Å². The van der Waals surface area contributed by atoms with Gasteiger partial charge >= 0.3 is 0 Å². The van der Waals surface area contributed by atoms with Gasteiger partial charge in [0.15, 0.2) is 0 Å². The van der Waals surface area contributed by atoms with Crippen molar-refractivity contribution in [1.29, 1.82) is 0 Å². The summed E-state index contributed by atoms with van der Waals surface area (Å²) in [4.78, 5) is 16.1. The Morgan fingerprint density at radius 2 is 1.76 bits per heavy atom. The molecule has 0 radical (unpaired) electrons. The molecule has 5 heteroatoms. The van der Waals surface area contributed by atoms with E-state index in [1.54, 1.807) is 6.07 Å². The highest BCUT2D eigenvalue weighted by atomic mass is 16.1. The zero-order chi connectivity index (χ0) is 19.8. The van der Waals surface area contributed by atoms with Gasteiger partial charge in [-0.15, -0.1) is 0 Å². The van der Waals surface area contributed by atoms with Crippen LogP contribution in [0.1, 0.15) is 5.56 Å². The molecule has 144 valence electrons. The monoisotopic (exact) mass is 382 g/mol. The van der Waals surface area contributed by atoms with E-state index in [1.165, 1.54) is 33.8 Å². The first-order chi connectivity index (χ1) is 14.2. The number of hydrogen-bond donors (Lipinski definition) is 1. The molecule has 0 amide bonds. The van der Waals surface area contributed by atoms with Crippen molar-refractivity contribution >= 4 is 22.1 Å². The molecule has 0 saturated heterocycles. The third kappa shape index (κ3) is 3.41. The number of anilines is 2. The normalized spacial score (nSPS) is 14.6. The van der Waals surface area contributed by atoms with Gasteiger partial charge in [-0.05, 0) is 53.7 Å². The lowest BCUT2D eigenvalue weighted by Gasteiger charge is -2.25. The summed E-state index contributed by atoms with van der Waals surface area (Å²) in [5.74, 6) is 0. The van der Waals surface area contributed by atoms with Crippen molar-refractivity contribution in [3.63, 3.8) is 0 Å². The quantitative estimate of drug-likeness (QED) is 0.565. The fourth-order valence-corrected chi connectivity index (χ4v) is 4.01. The van der Waals surface area contributed by atoms with E-state index in [9.17, 15) is 4.79 Å². The zero-order valence-corrected chi connectivity index (χ0v) is 16.3. The van der Waals surface area contributed by atoms with E-state index in [4.69, 9.17) is 0 Å². The smallest absolute Gasteiger partial charge is 0.264 e. The van der Waals surface area contributed by atoms with Crippen LogP contribution in [0.5, 0.6) is 0 Å². The van der Waals surface area contributed by atoms with Gasteiger partial charge in [-0.25, -0.2) is 5.10 Å². The van der Waals surface area contributed by atoms with Gasteiger partial charge in [0.05, 0.1) is 5.69 Å². The van der Waals surface area contributed by atoms with Crippen LogP contribution < -0.4 is 10.5 Å². The minimum Gasteiger partial charge on any atom is -0.340 e. The van der Waals surface area contributed by atoms with Gasteiger partial charge in [0.1, 0.15) is 0 Å². The van der Waals surface area contributed by atoms with Crippen LogP contribution in [0.2, 0.25) is 0 Å². The Kier molecular flexibility index (Phi) is 4.37. The first-order valence-corrected chi connectivity index (χ1v) is 9.81. The van der Waals surface area contributed by atoms with Gasteiger partial charge in [0.25, 0.3) is 5.56 Å². The lowest BCUT2D eigenvalue weighted by Crippen LogP contribution is -2.26. The lowest BCUT2D eigenvalue weighted by atomic mass is 10.0. The molecule has 0 aliphatic carbocycles. The molecule has 1 aliphatic rings. The Morgan fingerprint density at radius 3 is 2.59 bits per heavy atom. The van der Waals surface area contributed by atoms with Crippen molar-refractivity contribution in [3.05, 3.63) is 88.7 Å². The summed E-state index contributed by atoms with van der Waals surface area (Å²) in [6.07, 6.45) is 0. The van der Waals surface area contributed by atoms with Gasteiger partial charge in [0, 0.05) is 42.6 Å². The molecular formula is C24H22N4O. The Labute approximate surface area is 169 Å². The third-order valence-electron chi connectivity index (χ3n) is 5.54. The lowest BCUT2D eigenvalue weighted by molar-refractivity contribution is 0.343. The van der Waals surface area contributed by atoms with Crippen LogP contribution >= 0.6 is 0 Å². The van der Waals surface area contributed by atoms with Crippen LogP contribution in [0.3, 0.4) is 0 Å². The number of fused-ring (bicyclic) bond motifs is 2. The van der Waals surface area contributed by atoms with Gasteiger partial charge in [-0.3, -0.25) is 4.79 Å². The molecule has 3 aromatic carbocycles. The average molecular weight is 382 g/mol. The van der Waals surface area contributed by atoms with E-state index in [-0.39, 0.29) is 5.56 Å². The summed E-state index contributed by atoms with van der Waals surface area (Å²) in [6, 6.07) is 24.8. The number of aromatic nitrogens is 2. The van der Waals surface area contributed by atoms with Crippen LogP contribution in [-0.2, 0) is 6.54 Å². The SMILES string of the molecule is CN1CCN(c2ccc3ccccc3c2)c2ccc(-c3ccc(=O)[nH]n3)cc2C1. The van der Waals surface area contributed by atoms with Crippen molar-refractivity contribution in [2.24, 2.45) is 0 Å². The van der Waals surface area contributed by atoms with Gasteiger partial charge in [0.2, 0.25) is 0 Å². The van der Waals surface area contributed by atoms with Gasteiger partial charge < -0.3 is 9.80 Å². The highest BCUT2D eigenvalue weighted by molar-refractivity contribution is 5.87. The molecule has 0 atom stereocenters. The summed E-state index contributed by atoms with van der Waals surface area (Å²) in [6.45, 7) is 2.78. The minimum atomic E-state index is -0.189. The first kappa shape index (κ1) is 17.6. The second kappa shape index (κ2) is 7.18. The maximum atomic E-state index is 11.3. The second-order valence-corrected chi connectivity index (χ2v) is 7.57. The molecule has 0 unspecified atom stereocenters. The van der Waals surface area contributed by atoms with Crippen molar-refractivity contribution in [2.75, 3.05) is 25.0 Å². The standard InChI is InChI=1S/C24H22N4O/c1-27-12-13-28(21-8-6-17-4-2-3-5-18(17)15-21)23-10-7-19(14-20(23)16-27)22-9-11-24(29)26-25-22/h2-11,14-15H,12-13,16H2,1H3,(H,26,29). The Bertz CT molecular complexity index is 1230. The maximum absolute atomic E-state index is 11.3. The van der Waals surface area contributed by atoms with Crippen LogP contribution in [0.25, 0.3) is 22.0 Å². The molecule has 1 aliphatic heterocycles. The first-order valence-electron chi connectivity index (χ1n) is 9.81. The summed E-state index contributed by atoms with van der Waals surface area (Å²) in [5.41, 5.74) is 5.27. The minimum absolute atomic E-state index is 0.189. The number of benzene rings is 3. The van der Waals surface area contributed by atoms with Crippen molar-refractivity contribution in [2.45, 2.75) is 6.54 Å². The zero-order valence-electron chi connectivity index (χ0n) is 16.3. The van der Waals surface area contributed by atoms with E-state index in [0.29, 0.717) is 0 Å². The summed E-state index contributed by atoms with van der Waals surface area (Å²) < 4.78 is 0. The molecule has 5 nitrogen and oxygen atoms in total. The third-order valence-corrected chi connectivity index (χ3v) is 5.54. The number of hydrogen-bond acceptors (Lipinski definition) is 4. The highest BCUT2D eigenvalue weighted by Crippen LogP contribution is 2.35. The second-order valence-electron chi connectivity index (χ2n) is 7.57. The van der Waals surface area contributed by atoms with Gasteiger partial charge in [-0.2, -0.15) is 5.10 Å². The molecule has 5 rings (SSSR count). The molecule has 1 N–H and O–H groups in total. The van der Waals surface area contributed by atoms with E-state index < -0.39 is 0 Å². The summed E-state index contributed by atoms with van der Waals surface area (Å²) >= 11 is 0. The number of H-pyrrole nitrogens is 1. The Balaban J connectivity index is 1.59. The van der Waals surface area contributed by atoms with E-state index in [0.717, 1.165) is 30.9 Å². The summed E-state index contributed by atoms with van der Waals surface area (Å²) in [5, 5.41) is 9.21.